The highest BCUT2D eigenvalue weighted by Gasteiger charge is 2.17. The van der Waals surface area contributed by atoms with Gasteiger partial charge in [-0.05, 0) is 17.7 Å². The Balaban J connectivity index is 1.81. The van der Waals surface area contributed by atoms with Crippen molar-refractivity contribution in [1.82, 2.24) is 4.90 Å². The van der Waals surface area contributed by atoms with Gasteiger partial charge in [-0.2, -0.15) is 0 Å². The molecule has 17 heavy (non-hydrogen) atoms. The van der Waals surface area contributed by atoms with E-state index in [4.69, 9.17) is 9.47 Å². The molecular formula is C12H14FNO3. The summed E-state index contributed by atoms with van der Waals surface area (Å²) in [6.07, 6.45) is -0.349. The van der Waals surface area contributed by atoms with Gasteiger partial charge in [-0.25, -0.2) is 9.18 Å². The van der Waals surface area contributed by atoms with E-state index in [-0.39, 0.29) is 18.5 Å². The fourth-order valence-electron chi connectivity index (χ4n) is 1.56. The monoisotopic (exact) mass is 239 g/mol. The summed E-state index contributed by atoms with van der Waals surface area (Å²) in [5, 5.41) is 0. The van der Waals surface area contributed by atoms with Crippen LogP contribution in [0.3, 0.4) is 0 Å². The minimum atomic E-state index is -0.349. The molecule has 0 spiro atoms. The number of hydrogen-bond donors (Lipinski definition) is 0. The first-order valence-corrected chi connectivity index (χ1v) is 5.49. The van der Waals surface area contributed by atoms with Gasteiger partial charge in [-0.1, -0.05) is 12.1 Å². The number of halogens is 1. The first kappa shape index (κ1) is 11.9. The Morgan fingerprint density at radius 2 is 1.94 bits per heavy atom. The lowest BCUT2D eigenvalue weighted by atomic mass is 10.2. The number of nitrogens with zero attached hydrogens (tertiary/aromatic N) is 1. The van der Waals surface area contributed by atoms with Crippen molar-refractivity contribution >= 4 is 6.09 Å². The maximum absolute atomic E-state index is 12.6. The average molecular weight is 239 g/mol. The summed E-state index contributed by atoms with van der Waals surface area (Å²) < 4.78 is 22.9. The molecule has 0 N–H and O–H groups in total. The quantitative estimate of drug-likeness (QED) is 0.789. The van der Waals surface area contributed by atoms with Gasteiger partial charge in [0, 0.05) is 13.1 Å². The van der Waals surface area contributed by atoms with Crippen LogP contribution in [-0.4, -0.2) is 37.3 Å². The van der Waals surface area contributed by atoms with E-state index in [1.54, 1.807) is 17.0 Å². The van der Waals surface area contributed by atoms with Gasteiger partial charge in [0.2, 0.25) is 0 Å². The van der Waals surface area contributed by atoms with Crippen molar-refractivity contribution in [2.45, 2.75) is 6.61 Å². The van der Waals surface area contributed by atoms with E-state index < -0.39 is 0 Å². The zero-order valence-electron chi connectivity index (χ0n) is 9.39. The molecule has 0 radical (unpaired) electrons. The fourth-order valence-corrected chi connectivity index (χ4v) is 1.56. The van der Waals surface area contributed by atoms with Crippen LogP contribution in [0.25, 0.3) is 0 Å². The molecule has 92 valence electrons. The van der Waals surface area contributed by atoms with Crippen LogP contribution in [0.5, 0.6) is 0 Å². The summed E-state index contributed by atoms with van der Waals surface area (Å²) in [7, 11) is 0. The van der Waals surface area contributed by atoms with Crippen LogP contribution in [-0.2, 0) is 16.1 Å². The molecule has 1 aromatic carbocycles. The highest BCUT2D eigenvalue weighted by Crippen LogP contribution is 2.06. The molecule has 5 heteroatoms. The van der Waals surface area contributed by atoms with Gasteiger partial charge in [0.25, 0.3) is 0 Å². The normalized spacial score (nSPS) is 15.7. The molecule has 0 saturated carbocycles. The minimum Gasteiger partial charge on any atom is -0.445 e. The fraction of sp³-hybridized carbons (Fsp3) is 0.417. The van der Waals surface area contributed by atoms with Crippen molar-refractivity contribution in [1.29, 1.82) is 0 Å². The molecule has 1 amide bonds. The Kier molecular flexibility index (Phi) is 3.93. The third kappa shape index (κ3) is 3.42. The van der Waals surface area contributed by atoms with E-state index in [9.17, 15) is 9.18 Å². The largest absolute Gasteiger partial charge is 0.445 e. The number of hydrogen-bond acceptors (Lipinski definition) is 3. The van der Waals surface area contributed by atoms with Gasteiger partial charge < -0.3 is 14.4 Å². The number of carbonyl (C=O) groups is 1. The lowest BCUT2D eigenvalue weighted by Gasteiger charge is -2.25. The zero-order chi connectivity index (χ0) is 12.1. The van der Waals surface area contributed by atoms with Gasteiger partial charge >= 0.3 is 6.09 Å². The van der Waals surface area contributed by atoms with E-state index in [1.807, 2.05) is 0 Å². The molecule has 0 bridgehead atoms. The van der Waals surface area contributed by atoms with Crippen LogP contribution < -0.4 is 0 Å². The molecule has 0 atom stereocenters. The smallest absolute Gasteiger partial charge is 0.410 e. The molecule has 0 aliphatic carbocycles. The molecule has 1 saturated heterocycles. The SMILES string of the molecule is O=C(OCc1ccc(F)cc1)N1CCOCC1. The Morgan fingerprint density at radius 3 is 2.59 bits per heavy atom. The van der Waals surface area contributed by atoms with Crippen molar-refractivity contribution in [3.63, 3.8) is 0 Å². The second kappa shape index (κ2) is 5.63. The van der Waals surface area contributed by atoms with Gasteiger partial charge in [0.15, 0.2) is 0 Å². The lowest BCUT2D eigenvalue weighted by Crippen LogP contribution is -2.40. The molecule has 1 aliphatic heterocycles. The topological polar surface area (TPSA) is 38.8 Å². The van der Waals surface area contributed by atoms with Crippen LogP contribution in [0.4, 0.5) is 9.18 Å². The van der Waals surface area contributed by atoms with Gasteiger partial charge in [-0.3, -0.25) is 0 Å². The van der Waals surface area contributed by atoms with Crippen LogP contribution in [0, 0.1) is 5.82 Å². The Hall–Kier alpha value is -1.62. The molecule has 1 aromatic rings. The van der Waals surface area contributed by atoms with Crippen molar-refractivity contribution in [3.8, 4) is 0 Å². The van der Waals surface area contributed by atoms with E-state index in [0.29, 0.717) is 26.3 Å². The highest BCUT2D eigenvalue weighted by atomic mass is 19.1. The first-order valence-electron chi connectivity index (χ1n) is 5.49. The summed E-state index contributed by atoms with van der Waals surface area (Å²) in [5.41, 5.74) is 0.771. The molecular weight excluding hydrogens is 225 g/mol. The second-order valence-corrected chi connectivity index (χ2v) is 3.78. The molecule has 0 unspecified atom stereocenters. The summed E-state index contributed by atoms with van der Waals surface area (Å²) in [4.78, 5) is 13.2. The number of benzene rings is 1. The predicted molar refractivity (Wildman–Crippen MR) is 59.0 cm³/mol. The van der Waals surface area contributed by atoms with E-state index in [1.165, 1.54) is 12.1 Å². The summed E-state index contributed by atoms with van der Waals surface area (Å²) >= 11 is 0. The summed E-state index contributed by atoms with van der Waals surface area (Å²) in [5.74, 6) is -0.298. The Bertz CT molecular complexity index is 374. The standard InChI is InChI=1S/C12H14FNO3/c13-11-3-1-10(2-4-11)9-17-12(15)14-5-7-16-8-6-14/h1-4H,5-9H2. The molecule has 1 heterocycles. The predicted octanol–water partition coefficient (Wildman–Crippen LogP) is 1.79. The number of ether oxygens (including phenoxy) is 2. The summed E-state index contributed by atoms with van der Waals surface area (Å²) in [6.45, 7) is 2.37. The molecule has 1 fully saturated rings. The summed E-state index contributed by atoms with van der Waals surface area (Å²) in [6, 6.07) is 5.89. The zero-order valence-corrected chi connectivity index (χ0v) is 9.39. The molecule has 2 rings (SSSR count). The molecule has 1 aliphatic rings. The Morgan fingerprint density at radius 1 is 1.29 bits per heavy atom. The average Bonchev–Trinajstić information content (AvgIpc) is 2.39. The highest BCUT2D eigenvalue weighted by molar-refractivity contribution is 5.67. The van der Waals surface area contributed by atoms with E-state index in [2.05, 4.69) is 0 Å². The third-order valence-corrected chi connectivity index (χ3v) is 2.54. The third-order valence-electron chi connectivity index (χ3n) is 2.54. The van der Waals surface area contributed by atoms with Crippen LogP contribution >= 0.6 is 0 Å². The second-order valence-electron chi connectivity index (χ2n) is 3.78. The minimum absolute atomic E-state index is 0.163. The number of rotatable bonds is 2. The first-order chi connectivity index (χ1) is 8.25. The van der Waals surface area contributed by atoms with Crippen molar-refractivity contribution in [3.05, 3.63) is 35.6 Å². The van der Waals surface area contributed by atoms with Gasteiger partial charge in [-0.15, -0.1) is 0 Å². The van der Waals surface area contributed by atoms with Crippen LogP contribution in [0.2, 0.25) is 0 Å². The van der Waals surface area contributed by atoms with Gasteiger partial charge in [0.1, 0.15) is 12.4 Å². The van der Waals surface area contributed by atoms with Crippen molar-refractivity contribution < 1.29 is 18.7 Å². The van der Waals surface area contributed by atoms with Crippen molar-refractivity contribution in [2.75, 3.05) is 26.3 Å². The maximum Gasteiger partial charge on any atom is 0.410 e. The Labute approximate surface area is 98.9 Å². The van der Waals surface area contributed by atoms with E-state index >= 15 is 0 Å². The van der Waals surface area contributed by atoms with Crippen molar-refractivity contribution in [2.24, 2.45) is 0 Å². The van der Waals surface area contributed by atoms with Crippen LogP contribution in [0.15, 0.2) is 24.3 Å². The number of amides is 1. The lowest BCUT2D eigenvalue weighted by molar-refractivity contribution is 0.0249. The molecule has 4 nitrogen and oxygen atoms in total. The molecule has 0 aromatic heterocycles. The number of morpholine rings is 1. The maximum atomic E-state index is 12.6. The van der Waals surface area contributed by atoms with E-state index in [0.717, 1.165) is 5.56 Å². The number of carbonyl (C=O) groups excluding carboxylic acids is 1. The van der Waals surface area contributed by atoms with Crippen LogP contribution in [0.1, 0.15) is 5.56 Å². The van der Waals surface area contributed by atoms with Gasteiger partial charge in [0.05, 0.1) is 13.2 Å².